The van der Waals surface area contributed by atoms with Crippen molar-refractivity contribution in [1.82, 2.24) is 14.7 Å². The number of likely N-dealkylation sites (N-methyl/N-ethyl adjacent to an activating group) is 1. The van der Waals surface area contributed by atoms with Crippen LogP contribution in [0.2, 0.25) is 0 Å². The Bertz CT molecular complexity index is 495. The Morgan fingerprint density at radius 2 is 2.31 bits per heavy atom. The first-order chi connectivity index (χ1) is 7.76. The van der Waals surface area contributed by atoms with E-state index >= 15 is 0 Å². The molecule has 0 saturated carbocycles. The minimum Gasteiger partial charge on any atom is -0.495 e. The van der Waals surface area contributed by atoms with Crippen LogP contribution >= 0.6 is 15.9 Å². The van der Waals surface area contributed by atoms with Crippen LogP contribution in [0, 0.1) is 0 Å². The van der Waals surface area contributed by atoms with E-state index in [4.69, 9.17) is 4.74 Å². The fraction of sp³-hybridized carbons (Fsp3) is 0.364. The lowest BCUT2D eigenvalue weighted by Crippen LogP contribution is -2.12. The number of hydrogen-bond acceptors (Lipinski definition) is 3. The first-order valence-corrected chi connectivity index (χ1v) is 5.90. The first-order valence-electron chi connectivity index (χ1n) is 5.11. The third kappa shape index (κ3) is 2.05. The second kappa shape index (κ2) is 4.84. The van der Waals surface area contributed by atoms with Crippen molar-refractivity contribution in [1.29, 1.82) is 0 Å². The largest absolute Gasteiger partial charge is 0.495 e. The molecule has 0 fully saturated rings. The molecule has 0 aromatic carbocycles. The number of nitrogens with one attached hydrogen (secondary N) is 1. The minimum atomic E-state index is 0.836. The Morgan fingerprint density at radius 1 is 1.50 bits per heavy atom. The van der Waals surface area contributed by atoms with Crippen molar-refractivity contribution < 1.29 is 4.74 Å². The highest BCUT2D eigenvalue weighted by atomic mass is 79.9. The minimum absolute atomic E-state index is 0.836. The predicted molar refractivity (Wildman–Crippen MR) is 67.1 cm³/mol. The Hall–Kier alpha value is -1.07. The predicted octanol–water partition coefficient (Wildman–Crippen LogP) is 1.87. The normalized spacial score (nSPS) is 10.9. The van der Waals surface area contributed by atoms with Crippen molar-refractivity contribution in [2.75, 3.05) is 20.7 Å². The second-order valence-electron chi connectivity index (χ2n) is 3.50. The van der Waals surface area contributed by atoms with E-state index in [1.807, 2.05) is 25.4 Å². The van der Waals surface area contributed by atoms with Gasteiger partial charge in [-0.25, -0.2) is 4.98 Å². The van der Waals surface area contributed by atoms with Gasteiger partial charge in [-0.15, -0.1) is 0 Å². The van der Waals surface area contributed by atoms with E-state index in [0.29, 0.717) is 0 Å². The molecule has 0 aliphatic rings. The van der Waals surface area contributed by atoms with Gasteiger partial charge in [-0.1, -0.05) is 0 Å². The summed E-state index contributed by atoms with van der Waals surface area (Å²) in [5.41, 5.74) is 1.06. The lowest BCUT2D eigenvalue weighted by atomic mass is 10.3. The number of aromatic nitrogens is 2. The molecule has 0 unspecified atom stereocenters. The Labute approximate surface area is 103 Å². The van der Waals surface area contributed by atoms with Gasteiger partial charge in [0.2, 0.25) is 0 Å². The van der Waals surface area contributed by atoms with Gasteiger partial charge >= 0.3 is 0 Å². The Kier molecular flexibility index (Phi) is 3.46. The zero-order valence-electron chi connectivity index (χ0n) is 9.33. The summed E-state index contributed by atoms with van der Waals surface area (Å²) in [5.74, 6) is 1.86. The molecule has 0 amide bonds. The third-order valence-electron chi connectivity index (χ3n) is 2.47. The number of halogens is 1. The van der Waals surface area contributed by atoms with E-state index in [0.717, 1.165) is 34.7 Å². The van der Waals surface area contributed by atoms with Crippen LogP contribution in [0.4, 0.5) is 0 Å². The van der Waals surface area contributed by atoms with E-state index in [1.165, 1.54) is 0 Å². The molecule has 0 aliphatic carbocycles. The van der Waals surface area contributed by atoms with Gasteiger partial charge in [0.1, 0.15) is 16.2 Å². The van der Waals surface area contributed by atoms with Crippen molar-refractivity contribution in [3.05, 3.63) is 28.8 Å². The molecule has 0 spiro atoms. The molecule has 2 rings (SSSR count). The zero-order chi connectivity index (χ0) is 11.5. The molecule has 4 nitrogen and oxygen atoms in total. The fourth-order valence-electron chi connectivity index (χ4n) is 1.62. The van der Waals surface area contributed by atoms with E-state index in [2.05, 4.69) is 30.6 Å². The molecule has 0 radical (unpaired) electrons. The summed E-state index contributed by atoms with van der Waals surface area (Å²) in [6.07, 6.45) is 2.84. The second-order valence-corrected chi connectivity index (χ2v) is 4.25. The smallest absolute Gasteiger partial charge is 0.135 e. The number of imidazole rings is 1. The van der Waals surface area contributed by atoms with Gasteiger partial charge < -0.3 is 10.1 Å². The molecule has 1 N–H and O–H groups in total. The average molecular weight is 284 g/mol. The number of ether oxygens (including phenoxy) is 1. The van der Waals surface area contributed by atoms with E-state index in [9.17, 15) is 0 Å². The van der Waals surface area contributed by atoms with Gasteiger partial charge in [0.15, 0.2) is 0 Å². The Balaban J connectivity index is 2.47. The molecule has 16 heavy (non-hydrogen) atoms. The zero-order valence-corrected chi connectivity index (χ0v) is 10.9. The quantitative estimate of drug-likeness (QED) is 0.931. The summed E-state index contributed by atoms with van der Waals surface area (Å²) in [6.45, 7) is 0.906. The van der Waals surface area contributed by atoms with Gasteiger partial charge in [0.05, 0.1) is 18.8 Å². The third-order valence-corrected chi connectivity index (χ3v) is 3.06. The summed E-state index contributed by atoms with van der Waals surface area (Å²) in [4.78, 5) is 4.49. The van der Waals surface area contributed by atoms with E-state index in [-0.39, 0.29) is 0 Å². The van der Waals surface area contributed by atoms with E-state index < -0.39 is 0 Å². The van der Waals surface area contributed by atoms with Gasteiger partial charge in [-0.3, -0.25) is 4.40 Å². The number of fused-ring (bicyclic) bond motifs is 1. The summed E-state index contributed by atoms with van der Waals surface area (Å²) >= 11 is 3.46. The Morgan fingerprint density at radius 3 is 3.00 bits per heavy atom. The van der Waals surface area contributed by atoms with Crippen molar-refractivity contribution >= 4 is 21.4 Å². The lowest BCUT2D eigenvalue weighted by molar-refractivity contribution is 0.412. The van der Waals surface area contributed by atoms with Gasteiger partial charge in [0, 0.05) is 13.0 Å². The highest BCUT2D eigenvalue weighted by Gasteiger charge is 2.08. The molecule has 0 bridgehead atoms. The fourth-order valence-corrected chi connectivity index (χ4v) is 2.15. The van der Waals surface area contributed by atoms with Crippen LogP contribution in [0.5, 0.6) is 5.75 Å². The maximum Gasteiger partial charge on any atom is 0.135 e. The molecule has 0 saturated heterocycles. The van der Waals surface area contributed by atoms with Crippen LogP contribution in [0.25, 0.3) is 5.52 Å². The van der Waals surface area contributed by atoms with Gasteiger partial charge in [-0.2, -0.15) is 0 Å². The molecule has 2 heterocycles. The van der Waals surface area contributed by atoms with Crippen LogP contribution < -0.4 is 10.1 Å². The standard InChI is InChI=1S/C11H14BrN3O/c1-13-6-5-10-14-11(12)9-4-3-8(16-2)7-15(9)10/h3-4,7,13H,5-6H2,1-2H3. The van der Waals surface area contributed by atoms with Crippen molar-refractivity contribution in [3.63, 3.8) is 0 Å². The first kappa shape index (κ1) is 11.4. The SMILES string of the molecule is CNCCc1nc(Br)c2ccc(OC)cn12. The molecule has 0 atom stereocenters. The maximum absolute atomic E-state index is 5.21. The molecule has 86 valence electrons. The van der Waals surface area contributed by atoms with Crippen LogP contribution in [0.3, 0.4) is 0 Å². The van der Waals surface area contributed by atoms with Crippen LogP contribution in [0.15, 0.2) is 22.9 Å². The topological polar surface area (TPSA) is 38.6 Å². The van der Waals surface area contributed by atoms with Gasteiger partial charge in [-0.05, 0) is 35.1 Å². The van der Waals surface area contributed by atoms with Crippen LogP contribution in [-0.4, -0.2) is 30.1 Å². The molecular formula is C11H14BrN3O. The van der Waals surface area contributed by atoms with E-state index in [1.54, 1.807) is 7.11 Å². The number of hydrogen-bond donors (Lipinski definition) is 1. The monoisotopic (exact) mass is 283 g/mol. The van der Waals surface area contributed by atoms with Crippen LogP contribution in [0.1, 0.15) is 5.82 Å². The molecule has 2 aromatic rings. The molecule has 0 aliphatic heterocycles. The number of nitrogens with zero attached hydrogens (tertiary/aromatic N) is 2. The molecule has 5 heteroatoms. The summed E-state index contributed by atoms with van der Waals surface area (Å²) in [5, 5.41) is 3.12. The van der Waals surface area contributed by atoms with Crippen LogP contribution in [-0.2, 0) is 6.42 Å². The van der Waals surface area contributed by atoms with Crippen molar-refractivity contribution in [3.8, 4) is 5.75 Å². The number of methoxy groups -OCH3 is 1. The summed E-state index contributed by atoms with van der Waals surface area (Å²) in [6, 6.07) is 3.93. The highest BCUT2D eigenvalue weighted by molar-refractivity contribution is 9.10. The highest BCUT2D eigenvalue weighted by Crippen LogP contribution is 2.22. The number of pyridine rings is 1. The molecule has 2 aromatic heterocycles. The lowest BCUT2D eigenvalue weighted by Gasteiger charge is -2.03. The number of rotatable bonds is 4. The average Bonchev–Trinajstić information content (AvgIpc) is 2.63. The van der Waals surface area contributed by atoms with Crippen molar-refractivity contribution in [2.45, 2.75) is 6.42 Å². The molecular weight excluding hydrogens is 270 g/mol. The van der Waals surface area contributed by atoms with Crippen molar-refractivity contribution in [2.24, 2.45) is 0 Å². The summed E-state index contributed by atoms with van der Waals surface area (Å²) in [7, 11) is 3.60. The maximum atomic E-state index is 5.21. The van der Waals surface area contributed by atoms with Gasteiger partial charge in [0.25, 0.3) is 0 Å². The summed E-state index contributed by atoms with van der Waals surface area (Å²) < 4.78 is 8.14.